The van der Waals surface area contributed by atoms with Gasteiger partial charge in [-0.2, -0.15) is 0 Å². The molecule has 4 nitrogen and oxygen atoms in total. The molecule has 4 heteroatoms. The molecular weight excluding hydrogens is 256 g/mol. The van der Waals surface area contributed by atoms with Crippen LogP contribution in [0.4, 0.5) is 0 Å². The number of allylic oxidation sites excluding steroid dienone is 2. The second-order valence-electron chi connectivity index (χ2n) is 3.03. The van der Waals surface area contributed by atoms with E-state index >= 15 is 0 Å². The van der Waals surface area contributed by atoms with Gasteiger partial charge in [0.15, 0.2) is 0 Å². The van der Waals surface area contributed by atoms with Crippen LogP contribution < -0.4 is 0 Å². The predicted molar refractivity (Wildman–Crippen MR) is 69.8 cm³/mol. The van der Waals surface area contributed by atoms with Crippen LogP contribution in [0.1, 0.15) is 0 Å². The van der Waals surface area contributed by atoms with E-state index in [1.807, 2.05) is 0 Å². The van der Waals surface area contributed by atoms with Crippen LogP contribution in [0.15, 0.2) is 83.4 Å². The predicted octanol–water partition coefficient (Wildman–Crippen LogP) is 2.16. The molecule has 0 aromatic carbocycles. The summed E-state index contributed by atoms with van der Waals surface area (Å²) in [5, 5.41) is 0. The third-order valence-corrected chi connectivity index (χ3v) is 1.69. The molecule has 20 heavy (non-hydrogen) atoms. The second-order valence-corrected chi connectivity index (χ2v) is 3.03. The van der Waals surface area contributed by atoms with Gasteiger partial charge < -0.3 is 9.47 Å². The Labute approximate surface area is 115 Å². The number of ether oxygens (including phenoxy) is 2. The van der Waals surface area contributed by atoms with Crippen LogP contribution in [0.2, 0.25) is 0 Å². The van der Waals surface area contributed by atoms with Crippen LogP contribution >= 0.6 is 0 Å². The molecule has 0 heterocycles. The van der Waals surface area contributed by atoms with Gasteiger partial charge in [0.05, 0.1) is 0 Å². The molecule has 0 unspecified atom stereocenters. The van der Waals surface area contributed by atoms with Crippen LogP contribution in [0.3, 0.4) is 0 Å². The summed E-state index contributed by atoms with van der Waals surface area (Å²) in [5.41, 5.74) is 15.2. The molecule has 0 spiro atoms. The lowest BCUT2D eigenvalue weighted by Crippen LogP contribution is -2.06. The smallest absolute Gasteiger partial charge is 0.336 e. The molecule has 0 N–H and O–H groups in total. The van der Waals surface area contributed by atoms with E-state index in [1.54, 1.807) is 12.2 Å². The van der Waals surface area contributed by atoms with Crippen LogP contribution in [-0.2, 0) is 19.1 Å². The summed E-state index contributed by atoms with van der Waals surface area (Å²) in [6.07, 6.45) is 5.47. The number of rotatable bonds is 4. The van der Waals surface area contributed by atoms with Gasteiger partial charge in [-0.15, -0.1) is 0 Å². The van der Waals surface area contributed by atoms with Crippen molar-refractivity contribution >= 4 is 11.9 Å². The molecule has 0 saturated carbocycles. The van der Waals surface area contributed by atoms with Gasteiger partial charge in [-0.3, -0.25) is 0 Å². The van der Waals surface area contributed by atoms with Crippen molar-refractivity contribution in [2.24, 2.45) is 0 Å². The van der Waals surface area contributed by atoms with Gasteiger partial charge in [-0.05, 0) is 35.1 Å². The van der Waals surface area contributed by atoms with E-state index in [9.17, 15) is 9.59 Å². The SMILES string of the molecule is C1=C=CC=C=1.C=CC(=O)OC1=C=C=C=C1OC(=O)C=C. The summed E-state index contributed by atoms with van der Waals surface area (Å²) >= 11 is 0. The normalized spacial score (nSPS) is 11.4. The molecule has 0 atom stereocenters. The largest absolute Gasteiger partial charge is 0.409 e. The Balaban J connectivity index is 0.000000333. The summed E-state index contributed by atoms with van der Waals surface area (Å²) in [5.74, 6) is -1.49. The highest BCUT2D eigenvalue weighted by molar-refractivity contribution is 5.84. The zero-order valence-electron chi connectivity index (χ0n) is 10.4. The number of carbonyl (C=O) groups is 2. The molecule has 0 amide bonds. The van der Waals surface area contributed by atoms with Crippen molar-refractivity contribution in [3.63, 3.8) is 0 Å². The minimum absolute atomic E-state index is 0.0601. The molecule has 0 bridgehead atoms. The lowest BCUT2D eigenvalue weighted by Gasteiger charge is -2.04. The maximum absolute atomic E-state index is 10.8. The topological polar surface area (TPSA) is 52.6 Å². The first-order valence-corrected chi connectivity index (χ1v) is 5.28. The van der Waals surface area contributed by atoms with E-state index in [0.717, 1.165) is 12.2 Å². The molecular formula is C16H8O4. The monoisotopic (exact) mass is 264 g/mol. The first kappa shape index (κ1) is 14.6. The molecule has 2 rings (SSSR count). The van der Waals surface area contributed by atoms with Gasteiger partial charge in [-0.25, -0.2) is 9.59 Å². The molecule has 0 aromatic rings. The zero-order chi connectivity index (χ0) is 14.8. The maximum atomic E-state index is 10.8. The maximum Gasteiger partial charge on any atom is 0.336 e. The van der Waals surface area contributed by atoms with E-state index in [0.29, 0.717) is 0 Å². The van der Waals surface area contributed by atoms with Crippen molar-refractivity contribution in [3.8, 4) is 0 Å². The fourth-order valence-corrected chi connectivity index (χ4v) is 0.895. The van der Waals surface area contributed by atoms with Gasteiger partial charge >= 0.3 is 11.9 Å². The molecule has 2 aliphatic rings. The van der Waals surface area contributed by atoms with Crippen LogP contribution in [0.25, 0.3) is 0 Å². The Morgan fingerprint density at radius 2 is 1.35 bits per heavy atom. The summed E-state index contributed by atoms with van der Waals surface area (Å²) in [4.78, 5) is 21.7. The standard InChI is InChI=1S/C11H6O4.C5H2/c1-3-10(12)14-8-6-5-7-9(8)15-11(13)4-2;1-2-4-5-3-1/h3-4H,1-2H2;1-2H. The van der Waals surface area contributed by atoms with Crippen molar-refractivity contribution in [1.29, 1.82) is 0 Å². The van der Waals surface area contributed by atoms with E-state index in [2.05, 4.69) is 47.5 Å². The van der Waals surface area contributed by atoms with E-state index in [-0.39, 0.29) is 11.5 Å². The van der Waals surface area contributed by atoms with Crippen molar-refractivity contribution in [1.82, 2.24) is 0 Å². The lowest BCUT2D eigenvalue weighted by atomic mass is 10.4. The van der Waals surface area contributed by atoms with Crippen molar-refractivity contribution < 1.29 is 19.1 Å². The number of hydrogen-bond acceptors (Lipinski definition) is 4. The number of esters is 2. The lowest BCUT2D eigenvalue weighted by molar-refractivity contribution is -0.138. The summed E-state index contributed by atoms with van der Waals surface area (Å²) < 4.78 is 9.39. The Bertz CT molecular complexity index is 682. The highest BCUT2D eigenvalue weighted by atomic mass is 16.6. The number of hydrogen-bond donors (Lipinski definition) is 0. The highest BCUT2D eigenvalue weighted by Crippen LogP contribution is 2.14. The average molecular weight is 264 g/mol. The quantitative estimate of drug-likeness (QED) is 0.443. The van der Waals surface area contributed by atoms with E-state index < -0.39 is 11.9 Å². The Morgan fingerprint density at radius 1 is 0.900 bits per heavy atom. The second kappa shape index (κ2) is 7.82. The first-order valence-electron chi connectivity index (χ1n) is 5.28. The molecule has 0 radical (unpaired) electrons. The van der Waals surface area contributed by atoms with Gasteiger partial charge in [0, 0.05) is 12.2 Å². The van der Waals surface area contributed by atoms with Crippen molar-refractivity contribution in [3.05, 3.63) is 83.4 Å². The van der Waals surface area contributed by atoms with Gasteiger partial charge in [0.2, 0.25) is 11.5 Å². The Morgan fingerprint density at radius 3 is 1.65 bits per heavy atom. The Kier molecular flexibility index (Phi) is 5.72. The van der Waals surface area contributed by atoms with Crippen LogP contribution in [0, 0.1) is 0 Å². The molecule has 96 valence electrons. The van der Waals surface area contributed by atoms with Gasteiger partial charge in [-0.1, -0.05) is 24.6 Å². The minimum atomic E-state index is -0.685. The summed E-state index contributed by atoms with van der Waals surface area (Å²) in [7, 11) is 0. The number of carbonyl (C=O) groups excluding carboxylic acids is 2. The molecule has 0 aromatic heterocycles. The van der Waals surface area contributed by atoms with Crippen LogP contribution in [0.5, 0.6) is 0 Å². The fourth-order valence-electron chi connectivity index (χ4n) is 0.895. The van der Waals surface area contributed by atoms with E-state index in [1.165, 1.54) is 0 Å². The molecule has 0 fully saturated rings. The van der Waals surface area contributed by atoms with Gasteiger partial charge in [0.25, 0.3) is 0 Å². The van der Waals surface area contributed by atoms with Gasteiger partial charge in [0.1, 0.15) is 0 Å². The van der Waals surface area contributed by atoms with Crippen molar-refractivity contribution in [2.75, 3.05) is 0 Å². The van der Waals surface area contributed by atoms with E-state index in [4.69, 9.17) is 9.47 Å². The third-order valence-electron chi connectivity index (χ3n) is 1.69. The Hall–Kier alpha value is -3.42. The molecule has 0 saturated heterocycles. The third kappa shape index (κ3) is 4.84. The molecule has 2 aliphatic carbocycles. The fraction of sp³-hybridized carbons (Fsp3) is 0. The zero-order valence-corrected chi connectivity index (χ0v) is 10.4. The highest BCUT2D eigenvalue weighted by Gasteiger charge is 2.15. The summed E-state index contributed by atoms with van der Waals surface area (Å²) in [6.45, 7) is 6.43. The van der Waals surface area contributed by atoms with Crippen molar-refractivity contribution in [2.45, 2.75) is 0 Å². The first-order chi connectivity index (χ1) is 9.67. The average Bonchev–Trinajstić information content (AvgIpc) is 3.14. The molecule has 0 aliphatic heterocycles. The van der Waals surface area contributed by atoms with Crippen LogP contribution in [-0.4, -0.2) is 11.9 Å². The summed E-state index contributed by atoms with van der Waals surface area (Å²) in [6, 6.07) is 0. The minimum Gasteiger partial charge on any atom is -0.409 e.